The van der Waals surface area contributed by atoms with E-state index in [0.717, 1.165) is 193 Å². The van der Waals surface area contributed by atoms with Gasteiger partial charge in [-0.3, -0.25) is 34.3 Å². The van der Waals surface area contributed by atoms with E-state index in [4.69, 9.17) is 37.9 Å². The van der Waals surface area contributed by atoms with Crippen LogP contribution in [0, 0.1) is 0 Å². The molecule has 5 unspecified atom stereocenters. The number of ether oxygens (including phenoxy) is 8. The van der Waals surface area contributed by atoms with Crippen molar-refractivity contribution >= 4 is 59.1 Å². The zero-order chi connectivity index (χ0) is 103. The molecule has 135 heavy (non-hydrogen) atoms. The molecule has 0 aliphatic heterocycles. The van der Waals surface area contributed by atoms with Gasteiger partial charge in [0, 0.05) is 70.3 Å². The molecular formula is C106H194N12O16S+8. The van der Waals surface area contributed by atoms with Crippen LogP contribution in [0.5, 0.6) is 0 Å². The maximum atomic E-state index is 11.9. The summed E-state index contributed by atoms with van der Waals surface area (Å²) in [5.41, 5.74) is 2.25. The van der Waals surface area contributed by atoms with E-state index in [-0.39, 0.29) is 66.1 Å². The zero-order valence-electron chi connectivity index (χ0n) is 90.5. The number of thiophene rings is 1. The number of nitrogens with zero attached hydrogens (tertiary/aromatic N) is 12. The molecule has 29 heteroatoms. The number of quaternary nitrogens is 8. The minimum Gasteiger partial charge on any atom is -0.457 e. The van der Waals surface area contributed by atoms with Crippen LogP contribution in [0.3, 0.4) is 0 Å². The highest BCUT2D eigenvalue weighted by Crippen LogP contribution is 2.19. The number of unbranched alkanes of at least 4 members (excludes halogenated alkanes) is 2. The first kappa shape index (κ1) is 131. The van der Waals surface area contributed by atoms with Crippen LogP contribution in [0.15, 0.2) is 116 Å². The summed E-state index contributed by atoms with van der Waals surface area (Å²) in [6.45, 7) is 79.8. The summed E-state index contributed by atoms with van der Waals surface area (Å²) in [5, 5.41) is 1.90. The van der Waals surface area contributed by atoms with Crippen LogP contribution in [0.2, 0.25) is 0 Å². The molecule has 0 spiro atoms. The van der Waals surface area contributed by atoms with Crippen molar-refractivity contribution in [3.63, 3.8) is 0 Å². The molecule has 0 aliphatic carbocycles. The standard InChI is InChI=1S/C17H29N2O2.C16H27N2O2.C16H28NO2S.C14H23N2O2.C13H28NO2.C11H17N2O2.C11H24NO2.C8H18NO2/c1-4-7-13-19(6-3,12-5-2)14-15-21-17(20)16-8-10-18-11-9-16;1-4-11-18(6-3,12-5-2)13-14-20-16(19)15-7-9-17-10-8-15;1-4-7-11-17(6-3,10-5-2)12-13-19-16(18)15-9-8-14-20-15;1-4-16(5-2,6-3)11-12-18-14(17)13-7-9-15-10-8-13;1-6-9-14(8-3,10-7-2)11-12(4)16-13(5)15;1-13(2,3)8-9-15-11(14)10-4-6-12-7-5-10;1-6-12(7-2,8-3)9-10(4)14-11(5)13;1-7(11-8(2)10)6-9(3,4)5/h8-11H,4-7,12-15H2,1-3H3;7-10H,4-6,11-14H2,1-3H3;8-9,14H,4-7,10-13H2,1-3H3;7-10H,4-6,11-12H2,1-3H3;12H,6-11H2,1-5H3;4-7H,8-9H2,1-3H3;10H,6-9H2,1-5H3;7H,6H2,1-5H3/q8*+1. The number of hydrogen-bond donors (Lipinski definition) is 0. The molecule has 0 saturated heterocycles. The highest BCUT2D eigenvalue weighted by molar-refractivity contribution is 7.12. The van der Waals surface area contributed by atoms with E-state index in [9.17, 15) is 38.4 Å². The molecule has 5 heterocycles. The van der Waals surface area contributed by atoms with Crippen LogP contribution < -0.4 is 0 Å². The Labute approximate surface area is 823 Å². The van der Waals surface area contributed by atoms with E-state index >= 15 is 0 Å². The lowest BCUT2D eigenvalue weighted by molar-refractivity contribution is -0.929. The summed E-state index contributed by atoms with van der Waals surface area (Å²) in [5.74, 6) is -1.79. The van der Waals surface area contributed by atoms with Crippen LogP contribution in [0.25, 0.3) is 0 Å². The Morgan fingerprint density at radius 1 is 0.274 bits per heavy atom. The average molecular weight is 1920 g/mol. The Morgan fingerprint density at radius 3 is 0.741 bits per heavy atom. The Morgan fingerprint density at radius 2 is 0.511 bits per heavy atom. The highest BCUT2D eigenvalue weighted by atomic mass is 32.1. The third kappa shape index (κ3) is 61.6. The summed E-state index contributed by atoms with van der Waals surface area (Å²) in [7, 11) is 12.4. The normalized spacial score (nSPS) is 12.8. The van der Waals surface area contributed by atoms with Crippen molar-refractivity contribution in [3.05, 3.63) is 143 Å². The van der Waals surface area contributed by atoms with Gasteiger partial charge in [0.05, 0.1) is 182 Å². The summed E-state index contributed by atoms with van der Waals surface area (Å²) < 4.78 is 49.9. The molecule has 0 bridgehead atoms. The monoisotopic (exact) mass is 1920 g/mol. The van der Waals surface area contributed by atoms with Gasteiger partial charge in [0.15, 0.2) is 0 Å². The number of likely N-dealkylation sites (N-methyl/N-ethyl adjacent to an activating group) is 8. The molecule has 5 rings (SSSR count). The molecule has 0 saturated carbocycles. The van der Waals surface area contributed by atoms with E-state index in [0.29, 0.717) is 60.2 Å². The number of esters is 8. The highest BCUT2D eigenvalue weighted by Gasteiger charge is 2.31. The fraction of sp³-hybridized carbons (Fsp3) is 0.698. The quantitative estimate of drug-likeness (QED) is 0.0199. The van der Waals surface area contributed by atoms with Gasteiger partial charge >= 0.3 is 47.8 Å². The van der Waals surface area contributed by atoms with Gasteiger partial charge in [-0.2, -0.15) is 0 Å². The Balaban J connectivity index is -0.00000149. The average Bonchev–Trinajstić information content (AvgIpc) is 1.83. The lowest BCUT2D eigenvalue weighted by Gasteiger charge is -2.39. The van der Waals surface area contributed by atoms with Crippen molar-refractivity contribution in [1.82, 2.24) is 19.9 Å². The second-order valence-corrected chi connectivity index (χ2v) is 38.3. The van der Waals surface area contributed by atoms with E-state index in [1.54, 1.807) is 98.1 Å². The van der Waals surface area contributed by atoms with Crippen LogP contribution in [-0.4, -0.2) is 367 Å². The van der Waals surface area contributed by atoms with Gasteiger partial charge in [0.2, 0.25) is 0 Å². The van der Waals surface area contributed by atoms with Crippen LogP contribution in [0.1, 0.15) is 281 Å². The molecule has 0 amide bonds. The number of aromatic nitrogens is 4. The topological polar surface area (TPSA) is 262 Å². The smallest absolute Gasteiger partial charge is 0.348 e. The number of pyridine rings is 4. The molecule has 5 aromatic rings. The van der Waals surface area contributed by atoms with Gasteiger partial charge < -0.3 is 73.8 Å². The zero-order valence-corrected chi connectivity index (χ0v) is 91.3. The van der Waals surface area contributed by atoms with E-state index < -0.39 is 0 Å². The molecule has 0 radical (unpaired) electrons. The van der Waals surface area contributed by atoms with E-state index in [2.05, 4.69) is 187 Å². The maximum Gasteiger partial charge on any atom is 0.348 e. The van der Waals surface area contributed by atoms with E-state index in [1.807, 2.05) is 38.3 Å². The van der Waals surface area contributed by atoms with Crippen molar-refractivity contribution in [3.8, 4) is 0 Å². The first-order valence-electron chi connectivity index (χ1n) is 50.7. The third-order valence-electron chi connectivity index (χ3n) is 24.6. The fourth-order valence-corrected chi connectivity index (χ4v) is 17.1. The summed E-state index contributed by atoms with van der Waals surface area (Å²) in [6, 6.07) is 17.1. The summed E-state index contributed by atoms with van der Waals surface area (Å²) in [4.78, 5) is 107. The maximum absolute atomic E-state index is 11.9. The molecule has 28 nitrogen and oxygen atoms in total. The second kappa shape index (κ2) is 75.7. The van der Waals surface area contributed by atoms with Crippen molar-refractivity contribution in [2.45, 2.75) is 249 Å². The Bertz CT molecular complexity index is 3790. The SMILES string of the molecule is CC(=O)OC(C)C[N+](C)(C)C.CCCC[N+](CC)(CCC)CCOC(=O)c1cccs1.CCCC[N+](CC)(CCC)CCOC(=O)c1ccncc1.CCC[N+](CC)(CCC)CC(C)OC(C)=O.CCC[N+](CC)(CCC)CCOC(=O)c1ccncc1.CC[N+](CC)(CC)CC(C)OC(C)=O.CC[N+](CC)(CC)CCOC(=O)c1ccncc1.C[N+](C)(C)CCOC(=O)c1ccncc1. The summed E-state index contributed by atoms with van der Waals surface area (Å²) in [6.07, 6.45) is 24.8. The van der Waals surface area contributed by atoms with Crippen molar-refractivity contribution in [2.24, 2.45) is 0 Å². The molecule has 0 aromatic carbocycles. The van der Waals surface area contributed by atoms with Crippen molar-refractivity contribution in [1.29, 1.82) is 0 Å². The number of rotatable bonds is 57. The lowest BCUT2D eigenvalue weighted by Crippen LogP contribution is -2.53. The number of carbonyl (C=O) groups is 8. The minimum absolute atomic E-state index is 0.00694. The van der Waals surface area contributed by atoms with Crippen molar-refractivity contribution < 1.29 is 112 Å². The van der Waals surface area contributed by atoms with Gasteiger partial charge in [-0.05, 0) is 201 Å². The molecule has 5 atom stereocenters. The number of hydrogen-bond acceptors (Lipinski definition) is 21. The molecule has 0 N–H and O–H groups in total. The molecule has 0 fully saturated rings. The Hall–Kier alpha value is -8.26. The predicted molar refractivity (Wildman–Crippen MR) is 549 cm³/mol. The van der Waals surface area contributed by atoms with Gasteiger partial charge in [0.1, 0.15) is 109 Å². The van der Waals surface area contributed by atoms with Crippen molar-refractivity contribution in [2.75, 3.05) is 245 Å². The van der Waals surface area contributed by atoms with Crippen LogP contribution >= 0.6 is 11.3 Å². The summed E-state index contributed by atoms with van der Waals surface area (Å²) >= 11 is 1.44. The van der Waals surface area contributed by atoms with Crippen LogP contribution in [0.4, 0.5) is 0 Å². The molecule has 0 aliphatic rings. The first-order valence-corrected chi connectivity index (χ1v) is 51.6. The lowest BCUT2D eigenvalue weighted by atomic mass is 10.2. The van der Waals surface area contributed by atoms with Gasteiger partial charge in [-0.1, -0.05) is 74.3 Å². The molecule has 5 aromatic heterocycles. The number of carbonyl (C=O) groups excluding carboxylic acids is 8. The molecule has 772 valence electrons. The van der Waals surface area contributed by atoms with Gasteiger partial charge in [-0.25, -0.2) is 24.0 Å². The van der Waals surface area contributed by atoms with E-state index in [1.165, 1.54) is 110 Å². The third-order valence-corrected chi connectivity index (χ3v) is 25.5. The predicted octanol–water partition coefficient (Wildman–Crippen LogP) is 18.2. The Kier molecular flexibility index (Phi) is 73.4. The second-order valence-electron chi connectivity index (χ2n) is 37.3. The van der Waals surface area contributed by atoms with Gasteiger partial charge in [-0.15, -0.1) is 11.3 Å². The largest absolute Gasteiger partial charge is 0.457 e. The first-order chi connectivity index (χ1) is 64.0. The minimum atomic E-state index is -0.286. The van der Waals surface area contributed by atoms with Crippen LogP contribution in [-0.2, 0) is 52.3 Å². The van der Waals surface area contributed by atoms with Gasteiger partial charge in [0.25, 0.3) is 0 Å². The fourth-order valence-electron chi connectivity index (χ4n) is 16.5. The molecular weight excluding hydrogens is 1730 g/mol.